The molecule has 7 nitrogen and oxygen atoms in total. The Morgan fingerprint density at radius 3 is 2.78 bits per heavy atom. The summed E-state index contributed by atoms with van der Waals surface area (Å²) in [5.74, 6) is -0.0438. The van der Waals surface area contributed by atoms with E-state index in [9.17, 15) is 18.0 Å². The first kappa shape index (κ1) is 17.0. The average Bonchev–Trinajstić information content (AvgIpc) is 2.96. The van der Waals surface area contributed by atoms with Gasteiger partial charge in [0.15, 0.2) is 12.4 Å². The number of anilines is 1. The smallest absolute Gasteiger partial charge is 0.422 e. The lowest BCUT2D eigenvalue weighted by atomic mass is 10.2. The molecule has 11 heteroatoms. The van der Waals surface area contributed by atoms with Crippen LogP contribution in [0.1, 0.15) is 12.2 Å². The molecule has 0 unspecified atom stereocenters. The van der Waals surface area contributed by atoms with Crippen molar-refractivity contribution < 1.29 is 22.7 Å². The van der Waals surface area contributed by atoms with E-state index in [4.69, 9.17) is 11.6 Å². The van der Waals surface area contributed by atoms with Gasteiger partial charge in [-0.3, -0.25) is 4.79 Å². The highest BCUT2D eigenvalue weighted by atomic mass is 35.5. The van der Waals surface area contributed by atoms with Gasteiger partial charge in [0.25, 0.3) is 0 Å². The molecule has 0 aliphatic rings. The number of benzene rings is 1. The van der Waals surface area contributed by atoms with Crippen molar-refractivity contribution in [1.82, 2.24) is 20.6 Å². The predicted molar refractivity (Wildman–Crippen MR) is 74.1 cm³/mol. The van der Waals surface area contributed by atoms with Gasteiger partial charge in [0, 0.05) is 18.5 Å². The molecule has 1 aromatic heterocycles. The van der Waals surface area contributed by atoms with Crippen molar-refractivity contribution in [3.63, 3.8) is 0 Å². The van der Waals surface area contributed by atoms with E-state index in [1.165, 1.54) is 18.2 Å². The lowest BCUT2D eigenvalue weighted by molar-refractivity contribution is -0.153. The van der Waals surface area contributed by atoms with Crippen LogP contribution in [0.25, 0.3) is 0 Å². The van der Waals surface area contributed by atoms with Crippen LogP contribution in [0.3, 0.4) is 0 Å². The number of hydrogen-bond acceptors (Lipinski definition) is 5. The Morgan fingerprint density at radius 1 is 1.39 bits per heavy atom. The van der Waals surface area contributed by atoms with Crippen LogP contribution in [0.4, 0.5) is 18.9 Å². The Balaban J connectivity index is 1.88. The predicted octanol–water partition coefficient (Wildman–Crippen LogP) is 2.37. The summed E-state index contributed by atoms with van der Waals surface area (Å²) < 4.78 is 40.8. The van der Waals surface area contributed by atoms with E-state index in [2.05, 4.69) is 30.7 Å². The Labute approximate surface area is 133 Å². The van der Waals surface area contributed by atoms with Gasteiger partial charge in [0.2, 0.25) is 5.91 Å². The monoisotopic (exact) mass is 349 g/mol. The highest BCUT2D eigenvalue weighted by Crippen LogP contribution is 2.29. The number of aromatic nitrogens is 4. The highest BCUT2D eigenvalue weighted by molar-refractivity contribution is 6.32. The average molecular weight is 350 g/mol. The minimum atomic E-state index is -4.45. The van der Waals surface area contributed by atoms with Gasteiger partial charge in [-0.2, -0.15) is 18.4 Å². The molecule has 0 radical (unpaired) electrons. The van der Waals surface area contributed by atoms with E-state index in [1.54, 1.807) is 0 Å². The Kier molecular flexibility index (Phi) is 5.37. The van der Waals surface area contributed by atoms with Crippen LogP contribution in [-0.4, -0.2) is 39.3 Å². The number of amides is 1. The van der Waals surface area contributed by atoms with Crippen molar-refractivity contribution >= 4 is 23.2 Å². The van der Waals surface area contributed by atoms with Crippen LogP contribution in [0.5, 0.6) is 5.75 Å². The molecular formula is C12H11ClF3N5O2. The number of rotatable bonds is 6. The molecular weight excluding hydrogens is 339 g/mol. The molecule has 0 aliphatic heterocycles. The summed E-state index contributed by atoms with van der Waals surface area (Å²) in [7, 11) is 0. The van der Waals surface area contributed by atoms with Gasteiger partial charge in [-0.25, -0.2) is 0 Å². The van der Waals surface area contributed by atoms with Gasteiger partial charge in [0.1, 0.15) is 5.75 Å². The largest absolute Gasteiger partial charge is 0.483 e. The second-order valence-electron chi connectivity index (χ2n) is 4.43. The molecule has 0 fully saturated rings. The van der Waals surface area contributed by atoms with E-state index >= 15 is 0 Å². The van der Waals surface area contributed by atoms with Gasteiger partial charge in [0.05, 0.1) is 5.02 Å². The quantitative estimate of drug-likeness (QED) is 0.835. The summed E-state index contributed by atoms with van der Waals surface area (Å²) >= 11 is 5.82. The summed E-state index contributed by atoms with van der Waals surface area (Å²) in [6.45, 7) is -1.44. The van der Waals surface area contributed by atoms with Crippen LogP contribution < -0.4 is 10.1 Å². The number of aryl methyl sites for hydroxylation is 1. The molecule has 0 aliphatic carbocycles. The fourth-order valence-electron chi connectivity index (χ4n) is 1.59. The lowest BCUT2D eigenvalue weighted by Gasteiger charge is -2.11. The number of H-pyrrole nitrogens is 1. The van der Waals surface area contributed by atoms with Gasteiger partial charge in [-0.15, -0.1) is 10.2 Å². The first-order valence-corrected chi connectivity index (χ1v) is 6.72. The minimum absolute atomic E-state index is 0.0368. The van der Waals surface area contributed by atoms with E-state index in [0.717, 1.165) is 0 Å². The summed E-state index contributed by atoms with van der Waals surface area (Å²) in [6.07, 6.45) is -4.04. The molecule has 0 atom stereocenters. The third kappa shape index (κ3) is 5.74. The maximum absolute atomic E-state index is 12.1. The topological polar surface area (TPSA) is 92.8 Å². The molecule has 1 aromatic carbocycles. The minimum Gasteiger partial charge on any atom is -0.483 e. The number of halogens is 4. The molecule has 0 bridgehead atoms. The van der Waals surface area contributed by atoms with E-state index in [1.807, 2.05) is 0 Å². The van der Waals surface area contributed by atoms with Crippen LogP contribution in [0, 0.1) is 0 Å². The summed E-state index contributed by atoms with van der Waals surface area (Å²) in [5.41, 5.74) is 0.340. The summed E-state index contributed by atoms with van der Waals surface area (Å²) in [6, 6.07) is 3.95. The fraction of sp³-hybridized carbons (Fsp3) is 0.333. The van der Waals surface area contributed by atoms with Crippen LogP contribution in [0.15, 0.2) is 18.2 Å². The number of carbonyl (C=O) groups excluding carboxylic acids is 1. The molecule has 0 saturated carbocycles. The van der Waals surface area contributed by atoms with Crippen molar-refractivity contribution in [3.05, 3.63) is 29.0 Å². The molecule has 0 saturated heterocycles. The van der Waals surface area contributed by atoms with Gasteiger partial charge in [-0.1, -0.05) is 16.8 Å². The third-order valence-electron chi connectivity index (χ3n) is 2.57. The number of nitrogens with zero attached hydrogens (tertiary/aromatic N) is 3. The molecule has 23 heavy (non-hydrogen) atoms. The maximum Gasteiger partial charge on any atom is 0.422 e. The first-order valence-electron chi connectivity index (χ1n) is 6.35. The van der Waals surface area contributed by atoms with Crippen LogP contribution in [0.2, 0.25) is 5.02 Å². The molecule has 2 rings (SSSR count). The zero-order chi connectivity index (χ0) is 16.9. The fourth-order valence-corrected chi connectivity index (χ4v) is 1.83. The zero-order valence-corrected chi connectivity index (χ0v) is 12.3. The normalized spacial score (nSPS) is 11.3. The highest BCUT2D eigenvalue weighted by Gasteiger charge is 2.28. The number of aromatic amines is 1. The molecule has 1 amide bonds. The Morgan fingerprint density at radius 2 is 2.17 bits per heavy atom. The van der Waals surface area contributed by atoms with Gasteiger partial charge in [-0.05, 0) is 18.2 Å². The van der Waals surface area contributed by atoms with Crippen LogP contribution >= 0.6 is 11.6 Å². The standard InChI is InChI=1S/C12H11ClF3N5O2/c13-8-5-7(1-2-9(8)23-6-12(14,15)16)17-11(22)4-3-10-18-20-21-19-10/h1-2,5H,3-4,6H2,(H,17,22)(H,18,19,20,21). The van der Waals surface area contributed by atoms with Gasteiger partial charge >= 0.3 is 6.18 Å². The molecule has 2 N–H and O–H groups in total. The Hall–Kier alpha value is -2.36. The maximum atomic E-state index is 12.1. The van der Waals surface area contributed by atoms with Gasteiger partial charge < -0.3 is 10.1 Å². The van der Waals surface area contributed by atoms with Crippen molar-refractivity contribution in [2.75, 3.05) is 11.9 Å². The van der Waals surface area contributed by atoms with E-state index in [-0.39, 0.29) is 23.1 Å². The molecule has 0 spiro atoms. The van der Waals surface area contributed by atoms with Crippen LogP contribution in [-0.2, 0) is 11.2 Å². The number of alkyl halides is 3. The zero-order valence-electron chi connectivity index (χ0n) is 11.5. The van der Waals surface area contributed by atoms with E-state index in [0.29, 0.717) is 17.9 Å². The number of nitrogens with one attached hydrogen (secondary N) is 2. The molecule has 2 aromatic rings. The lowest BCUT2D eigenvalue weighted by Crippen LogP contribution is -2.19. The van der Waals surface area contributed by atoms with Crippen molar-refractivity contribution in [1.29, 1.82) is 0 Å². The number of carbonyl (C=O) groups is 1. The first-order chi connectivity index (χ1) is 10.8. The number of hydrogen-bond donors (Lipinski definition) is 2. The van der Waals surface area contributed by atoms with Crippen molar-refractivity contribution in [3.8, 4) is 5.75 Å². The second kappa shape index (κ2) is 7.27. The Bertz CT molecular complexity index is 663. The van der Waals surface area contributed by atoms with Crippen molar-refractivity contribution in [2.24, 2.45) is 0 Å². The summed E-state index contributed by atoms with van der Waals surface area (Å²) in [4.78, 5) is 11.7. The second-order valence-corrected chi connectivity index (χ2v) is 4.83. The van der Waals surface area contributed by atoms with E-state index < -0.39 is 12.8 Å². The molecule has 1 heterocycles. The number of tetrazole rings is 1. The summed E-state index contributed by atoms with van der Waals surface area (Å²) in [5, 5.41) is 15.6. The molecule has 124 valence electrons. The SMILES string of the molecule is O=C(CCc1nn[nH]n1)Nc1ccc(OCC(F)(F)F)c(Cl)c1. The van der Waals surface area contributed by atoms with Crippen molar-refractivity contribution in [2.45, 2.75) is 19.0 Å². The third-order valence-corrected chi connectivity index (χ3v) is 2.87. The number of ether oxygens (including phenoxy) is 1.